The van der Waals surface area contributed by atoms with Gasteiger partial charge in [0.1, 0.15) is 30.2 Å². The van der Waals surface area contributed by atoms with Crippen LogP contribution in [0.5, 0.6) is 0 Å². The van der Waals surface area contributed by atoms with Crippen molar-refractivity contribution < 1.29 is 33.4 Å². The zero-order valence-corrected chi connectivity index (χ0v) is 18.5. The normalized spacial score (nSPS) is 24.8. The Bertz CT molecular complexity index is 1070. The molecule has 5 atom stereocenters. The Hall–Kier alpha value is -2.12. The summed E-state index contributed by atoms with van der Waals surface area (Å²) < 4.78 is 32.8. The zero-order valence-electron chi connectivity index (χ0n) is 16.8. The van der Waals surface area contributed by atoms with Crippen molar-refractivity contribution in [3.05, 3.63) is 12.7 Å². The topological polar surface area (TPSA) is 232 Å². The van der Waals surface area contributed by atoms with Crippen LogP contribution < -0.4 is 16.2 Å². The molecule has 0 unspecified atom stereocenters. The fourth-order valence-electron chi connectivity index (χ4n) is 3.05. The molecule has 17 heteroatoms. The van der Waals surface area contributed by atoms with Crippen molar-refractivity contribution in [2.75, 3.05) is 24.3 Å². The van der Waals surface area contributed by atoms with Crippen LogP contribution in [0.1, 0.15) is 12.6 Å². The number of aliphatic hydroxyl groups excluding tert-OH is 2. The number of hydroxylamine groups is 1. The molecule has 1 aliphatic rings. The highest BCUT2D eigenvalue weighted by molar-refractivity contribution is 7.98. The highest BCUT2D eigenvalue weighted by atomic mass is 32.2. The molecule has 3 rings (SSSR count). The van der Waals surface area contributed by atoms with Crippen LogP contribution in [0.3, 0.4) is 0 Å². The van der Waals surface area contributed by atoms with E-state index < -0.39 is 53.2 Å². The Morgan fingerprint density at radius 1 is 1.38 bits per heavy atom. The van der Waals surface area contributed by atoms with Crippen molar-refractivity contribution in [1.82, 2.24) is 28.7 Å². The van der Waals surface area contributed by atoms with E-state index in [4.69, 9.17) is 16.2 Å². The molecule has 15 nitrogen and oxygen atoms in total. The molecular weight excluding hydrogens is 468 g/mol. The Labute approximate surface area is 186 Å². The molecule has 0 spiro atoms. The number of aromatic nitrogens is 4. The fraction of sp³-hybridized carbons (Fsp3) is 0.600. The number of fused-ring (bicyclic) bond motifs is 1. The van der Waals surface area contributed by atoms with Crippen LogP contribution in [-0.4, -0.2) is 96.6 Å². The Morgan fingerprint density at radius 3 is 2.78 bits per heavy atom. The van der Waals surface area contributed by atoms with E-state index >= 15 is 0 Å². The summed E-state index contributed by atoms with van der Waals surface area (Å²) in [7, 11) is -4.70. The number of nitrogens with two attached hydrogens (primary N) is 2. The third kappa shape index (κ3) is 4.94. The highest BCUT2D eigenvalue weighted by Crippen LogP contribution is 2.32. The van der Waals surface area contributed by atoms with Crippen LogP contribution in [-0.2, 0) is 19.7 Å². The smallest absolute Gasteiger partial charge is 0.326 e. The largest absolute Gasteiger partial charge is 0.387 e. The lowest BCUT2D eigenvalue weighted by Gasteiger charge is -2.21. The van der Waals surface area contributed by atoms with Gasteiger partial charge in [-0.2, -0.15) is 20.2 Å². The monoisotopic (exact) mass is 492 g/mol. The van der Waals surface area contributed by atoms with Gasteiger partial charge >= 0.3 is 10.2 Å². The van der Waals surface area contributed by atoms with Gasteiger partial charge in [-0.05, 0) is 18.4 Å². The number of carbonyl (C=O) groups is 1. The molecule has 1 fully saturated rings. The number of aliphatic hydroxyl groups is 2. The Balaban J connectivity index is 1.69. The van der Waals surface area contributed by atoms with Gasteiger partial charge in [0, 0.05) is 0 Å². The van der Waals surface area contributed by atoms with Gasteiger partial charge in [0.2, 0.25) is 0 Å². The summed E-state index contributed by atoms with van der Waals surface area (Å²) in [5.74, 6) is -0.359. The molecule has 8 N–H and O–H groups in total. The zero-order chi connectivity index (χ0) is 23.6. The van der Waals surface area contributed by atoms with E-state index in [-0.39, 0.29) is 27.9 Å². The molecule has 2 aromatic heterocycles. The number of imidazole rings is 1. The minimum absolute atomic E-state index is 0.0949. The maximum Gasteiger partial charge on any atom is 0.326 e. The van der Waals surface area contributed by atoms with E-state index in [1.54, 1.807) is 11.0 Å². The predicted octanol–water partition coefficient (Wildman–Crippen LogP) is -2.84. The molecule has 0 aliphatic carbocycles. The van der Waals surface area contributed by atoms with Crippen LogP contribution in [0, 0.1) is 0 Å². The summed E-state index contributed by atoms with van der Waals surface area (Å²) in [6.45, 7) is -0.791. The van der Waals surface area contributed by atoms with E-state index in [0.717, 1.165) is 0 Å². The molecule has 0 saturated carbocycles. The summed E-state index contributed by atoms with van der Waals surface area (Å²) in [5, 5.41) is 30.8. The quantitative estimate of drug-likeness (QED) is 0.194. The molecule has 1 amide bonds. The number of thioether (sulfide) groups is 1. The van der Waals surface area contributed by atoms with Gasteiger partial charge < -0.3 is 26.4 Å². The van der Waals surface area contributed by atoms with E-state index in [9.17, 15) is 28.6 Å². The van der Waals surface area contributed by atoms with Gasteiger partial charge in [-0.3, -0.25) is 14.6 Å². The maximum absolute atomic E-state index is 12.3. The summed E-state index contributed by atoms with van der Waals surface area (Å²) in [4.78, 5) is 23.8. The second-order valence-electron chi connectivity index (χ2n) is 6.99. The third-order valence-electron chi connectivity index (χ3n) is 4.81. The van der Waals surface area contributed by atoms with Crippen molar-refractivity contribution in [2.24, 2.45) is 5.73 Å². The average Bonchev–Trinajstić information content (AvgIpc) is 3.29. The molecular formula is C15H24N8O7S2. The lowest BCUT2D eigenvalue weighted by atomic mass is 10.1. The first-order valence-corrected chi connectivity index (χ1v) is 12.1. The number of anilines is 1. The highest BCUT2D eigenvalue weighted by Gasteiger charge is 2.46. The van der Waals surface area contributed by atoms with Crippen LogP contribution in [0.4, 0.5) is 5.82 Å². The van der Waals surface area contributed by atoms with Gasteiger partial charge in [-0.1, -0.05) is 4.47 Å². The molecule has 3 heterocycles. The second-order valence-corrected chi connectivity index (χ2v) is 9.55. The first-order valence-electron chi connectivity index (χ1n) is 9.29. The molecule has 2 aromatic rings. The van der Waals surface area contributed by atoms with E-state index in [1.807, 2.05) is 0 Å². The molecule has 1 aliphatic heterocycles. The lowest BCUT2D eigenvalue weighted by Crippen LogP contribution is -2.51. The van der Waals surface area contributed by atoms with Crippen LogP contribution >= 0.6 is 11.8 Å². The van der Waals surface area contributed by atoms with Gasteiger partial charge in [0.15, 0.2) is 17.7 Å². The maximum atomic E-state index is 12.3. The minimum atomic E-state index is -4.70. The van der Waals surface area contributed by atoms with Crippen LogP contribution in [0.2, 0.25) is 0 Å². The van der Waals surface area contributed by atoms with Crippen molar-refractivity contribution >= 4 is 44.9 Å². The molecule has 32 heavy (non-hydrogen) atoms. The third-order valence-corrected chi connectivity index (χ3v) is 6.62. The SMILES string of the molecule is CSCC[C@H](N)C(=O)NS(=O)(=O)N(O)C[C@H]1O[C@@H](n2cnc3c(N)ncnc32)[C@H](O)[C@@H]1O. The number of carbonyl (C=O) groups excluding carboxylic acids is 1. The summed E-state index contributed by atoms with van der Waals surface area (Å²) in [5.41, 5.74) is 11.8. The first-order chi connectivity index (χ1) is 15.1. The van der Waals surface area contributed by atoms with Crippen molar-refractivity contribution in [1.29, 1.82) is 0 Å². The number of nitrogens with one attached hydrogen (secondary N) is 1. The lowest BCUT2D eigenvalue weighted by molar-refractivity contribution is -0.121. The number of ether oxygens (including phenoxy) is 1. The molecule has 0 bridgehead atoms. The first kappa shape index (κ1) is 24.5. The average molecular weight is 493 g/mol. The summed E-state index contributed by atoms with van der Waals surface area (Å²) in [6, 6.07) is -1.09. The van der Waals surface area contributed by atoms with Gasteiger partial charge in [0.05, 0.1) is 18.9 Å². The number of rotatable bonds is 9. The minimum Gasteiger partial charge on any atom is -0.387 e. The number of hydrogen-bond donors (Lipinski definition) is 6. The van der Waals surface area contributed by atoms with Crippen molar-refractivity contribution in [3.8, 4) is 0 Å². The number of nitrogen functional groups attached to an aromatic ring is 1. The van der Waals surface area contributed by atoms with Crippen molar-refractivity contribution in [2.45, 2.75) is 37.0 Å². The molecule has 0 aromatic carbocycles. The van der Waals surface area contributed by atoms with Crippen LogP contribution in [0.25, 0.3) is 11.2 Å². The second kappa shape index (κ2) is 9.79. The van der Waals surface area contributed by atoms with Gasteiger partial charge in [-0.25, -0.2) is 19.7 Å². The van der Waals surface area contributed by atoms with E-state index in [1.165, 1.54) is 29.0 Å². The number of amides is 1. The van der Waals surface area contributed by atoms with Crippen molar-refractivity contribution in [3.63, 3.8) is 0 Å². The number of nitrogens with zero attached hydrogens (tertiary/aromatic N) is 5. The standard InChI is InChI=1S/C15H24N8O7S2/c1-31-3-2-7(16)14(26)21-32(28,29)23(27)4-8-10(24)11(25)15(30-8)22-6-20-9-12(17)18-5-19-13(9)22/h5-8,10-11,15,24-25,27H,2-4,16H2,1H3,(H,21,26)(H2,17,18,19)/t7-,8+,10+,11+,15+/m0/s1. The fourth-order valence-corrected chi connectivity index (χ4v) is 4.39. The Morgan fingerprint density at radius 2 is 2.09 bits per heavy atom. The Kier molecular flexibility index (Phi) is 7.50. The molecule has 178 valence electrons. The van der Waals surface area contributed by atoms with E-state index in [2.05, 4.69) is 15.0 Å². The number of hydrogen-bond acceptors (Lipinski definition) is 13. The summed E-state index contributed by atoms with van der Waals surface area (Å²) in [6.07, 6.45) is -1.17. The molecule has 1 saturated heterocycles. The predicted molar refractivity (Wildman–Crippen MR) is 112 cm³/mol. The van der Waals surface area contributed by atoms with Gasteiger partial charge in [-0.15, -0.1) is 0 Å². The summed E-state index contributed by atoms with van der Waals surface area (Å²) >= 11 is 1.44. The van der Waals surface area contributed by atoms with E-state index in [0.29, 0.717) is 5.75 Å². The van der Waals surface area contributed by atoms with Gasteiger partial charge in [0.25, 0.3) is 5.91 Å². The molecule has 0 radical (unpaired) electrons. The van der Waals surface area contributed by atoms with Crippen LogP contribution in [0.15, 0.2) is 12.7 Å².